The van der Waals surface area contributed by atoms with Crippen molar-refractivity contribution in [2.45, 2.75) is 45.4 Å². The lowest BCUT2D eigenvalue weighted by Gasteiger charge is -2.22. The van der Waals surface area contributed by atoms with Crippen LogP contribution in [-0.2, 0) is 4.79 Å². The van der Waals surface area contributed by atoms with Crippen molar-refractivity contribution in [3.05, 3.63) is 0 Å². The van der Waals surface area contributed by atoms with Crippen LogP contribution in [0.4, 0.5) is 0 Å². The standard InChI is InChI=1S/C12H18O/c1-3-7-10(2)12(13)11-8-5-4-6-9-11/h1,10-11H,4-9H2,2H3. The Balaban J connectivity index is 2.41. The van der Waals surface area contributed by atoms with Crippen molar-refractivity contribution >= 4 is 5.78 Å². The summed E-state index contributed by atoms with van der Waals surface area (Å²) < 4.78 is 0. The minimum Gasteiger partial charge on any atom is -0.299 e. The SMILES string of the molecule is C#CCC(C)C(=O)C1CCCCC1. The van der Waals surface area contributed by atoms with Crippen molar-refractivity contribution in [2.24, 2.45) is 11.8 Å². The average Bonchev–Trinajstić information content (AvgIpc) is 2.18. The summed E-state index contributed by atoms with van der Waals surface area (Å²) in [6, 6.07) is 0. The number of carbonyl (C=O) groups excluding carboxylic acids is 1. The third kappa shape index (κ3) is 2.88. The summed E-state index contributed by atoms with van der Waals surface area (Å²) in [5, 5.41) is 0. The molecule has 0 heterocycles. The summed E-state index contributed by atoms with van der Waals surface area (Å²) in [6.45, 7) is 1.96. The van der Waals surface area contributed by atoms with Gasteiger partial charge in [-0.1, -0.05) is 26.2 Å². The van der Waals surface area contributed by atoms with Crippen molar-refractivity contribution in [2.75, 3.05) is 0 Å². The molecular weight excluding hydrogens is 160 g/mol. The molecule has 0 aromatic carbocycles. The molecule has 0 saturated heterocycles. The second kappa shape index (κ2) is 5.07. The van der Waals surface area contributed by atoms with Crippen LogP contribution < -0.4 is 0 Å². The van der Waals surface area contributed by atoms with Gasteiger partial charge in [-0.3, -0.25) is 4.79 Å². The van der Waals surface area contributed by atoms with E-state index in [1.54, 1.807) is 0 Å². The Bertz CT molecular complexity index is 206. The van der Waals surface area contributed by atoms with Crippen LogP contribution in [0.15, 0.2) is 0 Å². The lowest BCUT2D eigenvalue weighted by molar-refractivity contribution is -0.127. The second-order valence-corrected chi connectivity index (χ2v) is 4.05. The van der Waals surface area contributed by atoms with E-state index in [0.717, 1.165) is 12.8 Å². The largest absolute Gasteiger partial charge is 0.299 e. The van der Waals surface area contributed by atoms with Crippen molar-refractivity contribution < 1.29 is 4.79 Å². The summed E-state index contributed by atoms with van der Waals surface area (Å²) >= 11 is 0. The predicted molar refractivity (Wildman–Crippen MR) is 54.2 cm³/mol. The lowest BCUT2D eigenvalue weighted by atomic mass is 9.81. The van der Waals surface area contributed by atoms with Crippen LogP contribution in [-0.4, -0.2) is 5.78 Å². The molecule has 1 unspecified atom stereocenters. The Kier molecular flexibility index (Phi) is 4.02. The number of hydrogen-bond donors (Lipinski definition) is 0. The molecule has 1 fully saturated rings. The number of carbonyl (C=O) groups is 1. The van der Waals surface area contributed by atoms with Crippen LogP contribution in [0.2, 0.25) is 0 Å². The highest BCUT2D eigenvalue weighted by Crippen LogP contribution is 2.27. The van der Waals surface area contributed by atoms with Gasteiger partial charge in [-0.25, -0.2) is 0 Å². The molecule has 0 aliphatic heterocycles. The Morgan fingerprint density at radius 3 is 2.62 bits per heavy atom. The molecule has 1 rings (SSSR count). The van der Waals surface area contributed by atoms with E-state index in [0.29, 0.717) is 18.1 Å². The Morgan fingerprint density at radius 1 is 1.46 bits per heavy atom. The Hall–Kier alpha value is -0.770. The number of rotatable bonds is 3. The quantitative estimate of drug-likeness (QED) is 0.607. The zero-order valence-corrected chi connectivity index (χ0v) is 8.38. The Morgan fingerprint density at radius 2 is 2.08 bits per heavy atom. The summed E-state index contributed by atoms with van der Waals surface area (Å²) in [7, 11) is 0. The maximum absolute atomic E-state index is 11.8. The van der Waals surface area contributed by atoms with Crippen molar-refractivity contribution in [3.63, 3.8) is 0 Å². The average molecular weight is 178 g/mol. The van der Waals surface area contributed by atoms with Crippen molar-refractivity contribution in [1.29, 1.82) is 0 Å². The summed E-state index contributed by atoms with van der Waals surface area (Å²) in [4.78, 5) is 11.8. The topological polar surface area (TPSA) is 17.1 Å². The molecule has 1 saturated carbocycles. The van der Waals surface area contributed by atoms with E-state index in [-0.39, 0.29) is 5.92 Å². The normalized spacial score (nSPS) is 20.6. The van der Waals surface area contributed by atoms with Gasteiger partial charge in [-0.05, 0) is 12.8 Å². The van der Waals surface area contributed by atoms with Crippen molar-refractivity contribution in [3.8, 4) is 12.3 Å². The van der Waals surface area contributed by atoms with Crippen LogP contribution in [0.3, 0.4) is 0 Å². The van der Waals surface area contributed by atoms with Crippen LogP contribution in [0, 0.1) is 24.2 Å². The first-order valence-electron chi connectivity index (χ1n) is 5.23. The van der Waals surface area contributed by atoms with E-state index in [1.165, 1.54) is 19.3 Å². The zero-order chi connectivity index (χ0) is 9.68. The molecule has 0 radical (unpaired) electrons. The molecule has 0 spiro atoms. The Labute approximate surface area is 80.9 Å². The number of ketones is 1. The minimum absolute atomic E-state index is 0.0769. The van der Waals surface area contributed by atoms with Crippen LogP contribution >= 0.6 is 0 Å². The zero-order valence-electron chi connectivity index (χ0n) is 8.38. The summed E-state index contributed by atoms with van der Waals surface area (Å²) in [5.74, 6) is 3.36. The van der Waals surface area contributed by atoms with Gasteiger partial charge in [0.25, 0.3) is 0 Å². The lowest BCUT2D eigenvalue weighted by Crippen LogP contribution is -2.23. The highest BCUT2D eigenvalue weighted by Gasteiger charge is 2.24. The first kappa shape index (κ1) is 10.3. The monoisotopic (exact) mass is 178 g/mol. The van der Waals surface area contributed by atoms with E-state index < -0.39 is 0 Å². The van der Waals surface area contributed by atoms with Gasteiger partial charge in [0.05, 0.1) is 0 Å². The van der Waals surface area contributed by atoms with Crippen LogP contribution in [0.25, 0.3) is 0 Å². The number of Topliss-reactive ketones (excluding diaryl/α,β-unsaturated/α-hetero) is 1. The maximum Gasteiger partial charge on any atom is 0.139 e. The number of hydrogen-bond acceptors (Lipinski definition) is 1. The summed E-state index contributed by atoms with van der Waals surface area (Å²) in [5.41, 5.74) is 0. The van der Waals surface area contributed by atoms with Gasteiger partial charge < -0.3 is 0 Å². The molecule has 1 aliphatic rings. The fourth-order valence-electron chi connectivity index (χ4n) is 2.07. The first-order valence-corrected chi connectivity index (χ1v) is 5.23. The fraction of sp³-hybridized carbons (Fsp3) is 0.750. The molecule has 0 bridgehead atoms. The molecule has 0 aromatic rings. The van der Waals surface area contributed by atoms with Gasteiger partial charge in [-0.15, -0.1) is 12.3 Å². The van der Waals surface area contributed by atoms with Gasteiger partial charge in [0.1, 0.15) is 5.78 Å². The third-order valence-corrected chi connectivity index (χ3v) is 2.92. The fourth-order valence-corrected chi connectivity index (χ4v) is 2.07. The molecule has 0 aromatic heterocycles. The highest BCUT2D eigenvalue weighted by atomic mass is 16.1. The van der Waals surface area contributed by atoms with Gasteiger partial charge in [0.15, 0.2) is 0 Å². The second-order valence-electron chi connectivity index (χ2n) is 4.05. The van der Waals surface area contributed by atoms with Gasteiger partial charge in [-0.2, -0.15) is 0 Å². The molecule has 13 heavy (non-hydrogen) atoms. The van der Waals surface area contributed by atoms with E-state index in [2.05, 4.69) is 5.92 Å². The van der Waals surface area contributed by atoms with Gasteiger partial charge in [0, 0.05) is 18.3 Å². The third-order valence-electron chi connectivity index (χ3n) is 2.92. The molecule has 1 aliphatic carbocycles. The molecule has 72 valence electrons. The van der Waals surface area contributed by atoms with Crippen LogP contribution in [0.5, 0.6) is 0 Å². The maximum atomic E-state index is 11.8. The molecular formula is C12H18O. The van der Waals surface area contributed by atoms with E-state index in [9.17, 15) is 4.79 Å². The van der Waals surface area contributed by atoms with E-state index in [4.69, 9.17) is 6.42 Å². The van der Waals surface area contributed by atoms with Gasteiger partial charge in [0.2, 0.25) is 0 Å². The minimum atomic E-state index is 0.0769. The summed E-state index contributed by atoms with van der Waals surface area (Å²) in [6.07, 6.45) is 11.7. The molecule has 1 nitrogen and oxygen atoms in total. The molecule has 1 heteroatoms. The smallest absolute Gasteiger partial charge is 0.139 e. The first-order chi connectivity index (χ1) is 6.25. The molecule has 1 atom stereocenters. The number of terminal acetylenes is 1. The van der Waals surface area contributed by atoms with E-state index in [1.807, 2.05) is 6.92 Å². The van der Waals surface area contributed by atoms with E-state index >= 15 is 0 Å². The molecule has 0 amide bonds. The van der Waals surface area contributed by atoms with Crippen LogP contribution in [0.1, 0.15) is 45.4 Å². The van der Waals surface area contributed by atoms with Gasteiger partial charge >= 0.3 is 0 Å². The van der Waals surface area contributed by atoms with Crippen molar-refractivity contribution in [1.82, 2.24) is 0 Å². The highest BCUT2D eigenvalue weighted by molar-refractivity contribution is 5.83. The molecule has 0 N–H and O–H groups in total. The predicted octanol–water partition coefficient (Wildman–Crippen LogP) is 2.80.